The van der Waals surface area contributed by atoms with Crippen LogP contribution in [0.25, 0.3) is 32.6 Å². The molecule has 5 rings (SSSR count). The summed E-state index contributed by atoms with van der Waals surface area (Å²) in [4.78, 5) is 46.5. The molecule has 0 aliphatic heterocycles. The summed E-state index contributed by atoms with van der Waals surface area (Å²) in [5.41, 5.74) is 0.344. The molecule has 0 aliphatic carbocycles. The number of carbonyl (C=O) groups excluding carboxylic acids is 1. The molecule has 9 nitrogen and oxygen atoms in total. The number of carbonyl (C=O) groups is 1. The zero-order chi connectivity index (χ0) is 24.7. The molecule has 0 unspecified atom stereocenters. The van der Waals surface area contributed by atoms with Gasteiger partial charge in [-0.3, -0.25) is 9.59 Å². The van der Waals surface area contributed by atoms with Gasteiger partial charge in [-0.2, -0.15) is 0 Å². The monoisotopic (exact) mass is 489 g/mol. The summed E-state index contributed by atoms with van der Waals surface area (Å²) in [6.45, 7) is 1.68. The third-order valence-corrected chi connectivity index (χ3v) is 6.74. The van der Waals surface area contributed by atoms with Gasteiger partial charge in [-0.1, -0.05) is 12.1 Å². The number of H-pyrrole nitrogens is 1. The van der Waals surface area contributed by atoms with Crippen LogP contribution in [-0.4, -0.2) is 30.1 Å². The lowest BCUT2D eigenvalue weighted by Gasteiger charge is -2.09. The van der Waals surface area contributed by atoms with Crippen molar-refractivity contribution in [1.29, 1.82) is 0 Å². The molecule has 176 valence electrons. The van der Waals surface area contributed by atoms with Crippen LogP contribution in [0.2, 0.25) is 0 Å². The van der Waals surface area contributed by atoms with Gasteiger partial charge >= 0.3 is 5.63 Å². The van der Waals surface area contributed by atoms with Gasteiger partial charge in [0.2, 0.25) is 0 Å². The highest BCUT2D eigenvalue weighted by Crippen LogP contribution is 2.31. The number of nitrogens with zero attached hydrogens (tertiary/aromatic N) is 1. The number of amides is 1. The Kier molecular flexibility index (Phi) is 5.58. The number of aromatic amines is 1. The molecule has 0 saturated carbocycles. The Bertz CT molecular complexity index is 1730. The summed E-state index contributed by atoms with van der Waals surface area (Å²) < 4.78 is 15.9. The summed E-state index contributed by atoms with van der Waals surface area (Å²) in [5.74, 6) is 0.731. The van der Waals surface area contributed by atoms with E-state index in [0.717, 1.165) is 11.3 Å². The van der Waals surface area contributed by atoms with Crippen molar-refractivity contribution in [1.82, 2.24) is 9.97 Å². The molecule has 10 heteroatoms. The molecule has 5 aromatic rings. The number of benzene rings is 2. The normalized spacial score (nSPS) is 11.1. The third kappa shape index (κ3) is 3.93. The Hall–Kier alpha value is -4.44. The molecule has 2 N–H and O–H groups in total. The predicted molar refractivity (Wildman–Crippen MR) is 134 cm³/mol. The summed E-state index contributed by atoms with van der Waals surface area (Å²) in [7, 11) is 3.03. The van der Waals surface area contributed by atoms with Gasteiger partial charge in [0, 0.05) is 11.5 Å². The minimum Gasteiger partial charge on any atom is -0.497 e. The number of rotatable bonds is 5. The molecular formula is C25H19N3O6S. The maximum atomic E-state index is 13.0. The van der Waals surface area contributed by atoms with E-state index in [9.17, 15) is 14.4 Å². The fraction of sp³-hybridized carbons (Fsp3) is 0.120. The number of methoxy groups -OCH3 is 2. The number of aryl methyl sites for hydroxylation is 1. The smallest absolute Gasteiger partial charge is 0.347 e. The fourth-order valence-electron chi connectivity index (χ4n) is 3.80. The number of ether oxygens (including phenoxy) is 2. The standard InChI is InChI=1S/C25H19N3O6S/c1-12-19-22(29)27-21(15-10-13-8-9-14(32-2)11-18(13)34-25(15)31)28-24(19)35-20(12)23(30)26-16-6-4-5-7-17(16)33-3/h4-11H,1-3H3,(H,26,30)(H,27,28,29). The van der Waals surface area contributed by atoms with Crippen molar-refractivity contribution in [3.05, 3.63) is 79.7 Å². The average molecular weight is 490 g/mol. The van der Waals surface area contributed by atoms with Crippen LogP contribution < -0.4 is 26.0 Å². The van der Waals surface area contributed by atoms with Crippen molar-refractivity contribution in [2.75, 3.05) is 19.5 Å². The van der Waals surface area contributed by atoms with Gasteiger partial charge in [-0.15, -0.1) is 11.3 Å². The van der Waals surface area contributed by atoms with E-state index >= 15 is 0 Å². The second-order valence-corrected chi connectivity index (χ2v) is 8.66. The molecule has 2 aromatic carbocycles. The van der Waals surface area contributed by atoms with E-state index in [0.29, 0.717) is 48.8 Å². The Labute approximate surface area is 202 Å². The van der Waals surface area contributed by atoms with Crippen molar-refractivity contribution >= 4 is 44.1 Å². The number of para-hydroxylation sites is 2. The second-order valence-electron chi connectivity index (χ2n) is 7.66. The Morgan fingerprint density at radius 3 is 2.66 bits per heavy atom. The highest BCUT2D eigenvalue weighted by atomic mass is 32.1. The highest BCUT2D eigenvalue weighted by molar-refractivity contribution is 7.20. The largest absolute Gasteiger partial charge is 0.497 e. The van der Waals surface area contributed by atoms with Gasteiger partial charge in [-0.05, 0) is 42.8 Å². The van der Waals surface area contributed by atoms with E-state index in [2.05, 4.69) is 15.3 Å². The van der Waals surface area contributed by atoms with E-state index in [1.54, 1.807) is 55.5 Å². The summed E-state index contributed by atoms with van der Waals surface area (Å²) in [5, 5.41) is 3.75. The lowest BCUT2D eigenvalue weighted by atomic mass is 10.1. The van der Waals surface area contributed by atoms with E-state index in [1.807, 2.05) is 0 Å². The van der Waals surface area contributed by atoms with E-state index in [4.69, 9.17) is 13.9 Å². The van der Waals surface area contributed by atoms with Crippen molar-refractivity contribution in [2.45, 2.75) is 6.92 Å². The molecule has 1 amide bonds. The SMILES string of the molecule is COc1ccc2cc(-c3nc4sc(C(=O)Nc5ccccc5OC)c(C)c4c(=O)[nH]3)c(=O)oc2c1. The minimum atomic E-state index is -0.657. The number of aromatic nitrogens is 2. The van der Waals surface area contributed by atoms with Gasteiger partial charge < -0.3 is 24.2 Å². The van der Waals surface area contributed by atoms with E-state index < -0.39 is 17.1 Å². The molecule has 0 atom stereocenters. The first-order valence-corrected chi connectivity index (χ1v) is 11.3. The zero-order valence-electron chi connectivity index (χ0n) is 18.9. The highest BCUT2D eigenvalue weighted by Gasteiger charge is 2.21. The predicted octanol–water partition coefficient (Wildman–Crippen LogP) is 4.34. The van der Waals surface area contributed by atoms with Gasteiger partial charge in [0.05, 0.1) is 30.2 Å². The average Bonchev–Trinajstić information content (AvgIpc) is 3.20. The van der Waals surface area contributed by atoms with Crippen LogP contribution in [0.15, 0.2) is 62.5 Å². The summed E-state index contributed by atoms with van der Waals surface area (Å²) >= 11 is 1.07. The van der Waals surface area contributed by atoms with Gasteiger partial charge in [-0.25, -0.2) is 9.78 Å². The van der Waals surface area contributed by atoms with Crippen LogP contribution in [0.3, 0.4) is 0 Å². The molecule has 0 saturated heterocycles. The third-order valence-electron chi connectivity index (χ3n) is 5.56. The van der Waals surface area contributed by atoms with Crippen LogP contribution in [-0.2, 0) is 0 Å². The zero-order valence-corrected chi connectivity index (χ0v) is 19.7. The Morgan fingerprint density at radius 2 is 1.89 bits per heavy atom. The Morgan fingerprint density at radius 1 is 1.09 bits per heavy atom. The van der Waals surface area contributed by atoms with Crippen molar-refractivity contribution in [3.63, 3.8) is 0 Å². The first kappa shape index (κ1) is 22.4. The summed E-state index contributed by atoms with van der Waals surface area (Å²) in [6, 6.07) is 13.7. The lowest BCUT2D eigenvalue weighted by molar-refractivity contribution is 0.102. The van der Waals surface area contributed by atoms with Crippen LogP contribution in [0, 0.1) is 6.92 Å². The maximum Gasteiger partial charge on any atom is 0.347 e. The van der Waals surface area contributed by atoms with Crippen LogP contribution in [0.1, 0.15) is 15.2 Å². The molecular weight excluding hydrogens is 470 g/mol. The topological polar surface area (TPSA) is 124 Å². The van der Waals surface area contributed by atoms with Gasteiger partial charge in [0.1, 0.15) is 33.3 Å². The van der Waals surface area contributed by atoms with Crippen LogP contribution >= 0.6 is 11.3 Å². The van der Waals surface area contributed by atoms with Gasteiger partial charge in [0.25, 0.3) is 11.5 Å². The van der Waals surface area contributed by atoms with Gasteiger partial charge in [0.15, 0.2) is 0 Å². The molecule has 35 heavy (non-hydrogen) atoms. The second kappa shape index (κ2) is 8.73. The molecule has 0 bridgehead atoms. The number of hydrogen-bond acceptors (Lipinski definition) is 8. The minimum absolute atomic E-state index is 0.0619. The first-order chi connectivity index (χ1) is 16.9. The molecule has 0 radical (unpaired) electrons. The van der Waals surface area contributed by atoms with E-state index in [1.165, 1.54) is 14.2 Å². The number of thiophene rings is 1. The van der Waals surface area contributed by atoms with Crippen LogP contribution in [0.4, 0.5) is 5.69 Å². The van der Waals surface area contributed by atoms with E-state index in [-0.39, 0.29) is 11.4 Å². The quantitative estimate of drug-likeness (QED) is 0.352. The molecule has 3 aromatic heterocycles. The molecule has 0 aliphatic rings. The molecule has 0 fully saturated rings. The number of hydrogen-bond donors (Lipinski definition) is 2. The molecule has 3 heterocycles. The van der Waals surface area contributed by atoms with Crippen molar-refractivity contribution in [3.8, 4) is 22.9 Å². The number of nitrogens with one attached hydrogen (secondary N) is 2. The Balaban J connectivity index is 1.58. The van der Waals surface area contributed by atoms with Crippen molar-refractivity contribution in [2.24, 2.45) is 0 Å². The number of anilines is 1. The van der Waals surface area contributed by atoms with Crippen molar-refractivity contribution < 1.29 is 18.7 Å². The first-order valence-electron chi connectivity index (χ1n) is 10.5. The maximum absolute atomic E-state index is 13.0. The molecule has 0 spiro atoms. The summed E-state index contributed by atoms with van der Waals surface area (Å²) in [6.07, 6.45) is 0. The number of fused-ring (bicyclic) bond motifs is 2. The van der Waals surface area contributed by atoms with Crippen LogP contribution in [0.5, 0.6) is 11.5 Å². The lowest BCUT2D eigenvalue weighted by Crippen LogP contribution is -2.14. The fourth-order valence-corrected chi connectivity index (χ4v) is 4.88.